The molecular weight excluding hydrogens is 482 g/mol. The number of non-ortho nitro benzene ring substituents is 1. The lowest BCUT2D eigenvalue weighted by Gasteiger charge is -2.15. The molecule has 0 amide bonds. The first kappa shape index (κ1) is 25.3. The number of anilines is 1. The van der Waals surface area contributed by atoms with Crippen LogP contribution in [0.25, 0.3) is 11.2 Å². The number of aromatic amines is 1. The van der Waals surface area contributed by atoms with Crippen molar-refractivity contribution in [3.8, 4) is 5.75 Å². The van der Waals surface area contributed by atoms with Crippen LogP contribution in [0.3, 0.4) is 0 Å². The number of nitrogens with zero attached hydrogens (tertiary/aromatic N) is 5. The highest BCUT2D eigenvalue weighted by Gasteiger charge is 2.20. The number of ether oxygens (including phenoxy) is 1. The van der Waals surface area contributed by atoms with Crippen LogP contribution in [0.4, 0.5) is 11.6 Å². The summed E-state index contributed by atoms with van der Waals surface area (Å²) in [5.41, 5.74) is 3.79. The van der Waals surface area contributed by atoms with Gasteiger partial charge in [-0.1, -0.05) is 17.7 Å². The Morgan fingerprint density at radius 3 is 2.54 bits per heavy atom. The van der Waals surface area contributed by atoms with Crippen LogP contribution in [0.5, 0.6) is 5.75 Å². The summed E-state index contributed by atoms with van der Waals surface area (Å²) in [7, 11) is 1.46. The fourth-order valence-corrected chi connectivity index (χ4v) is 3.61. The van der Waals surface area contributed by atoms with Crippen LogP contribution in [0.15, 0.2) is 63.2 Å². The van der Waals surface area contributed by atoms with Crippen LogP contribution < -0.4 is 21.4 Å². The first-order chi connectivity index (χ1) is 17.6. The highest BCUT2D eigenvalue weighted by Crippen LogP contribution is 2.18. The number of imidazole rings is 1. The van der Waals surface area contributed by atoms with E-state index in [4.69, 9.17) is 4.74 Å². The third-order valence-corrected chi connectivity index (χ3v) is 5.68. The number of nitro groups is 1. The van der Waals surface area contributed by atoms with Gasteiger partial charge in [0.15, 0.2) is 11.2 Å². The standard InChI is InChI=1S/C24H25N7O6/c1-14-4-10-19(11-5-14)37-13-18(32)12-30-20-21(29(3)24(34)26-22(20)33)25-23(30)28-27-15(2)16-6-8-17(9-7-16)31(35)36/h4-11,18,32H,12-13H2,1-3H3,(H,25,28)(H,26,33,34). The highest BCUT2D eigenvalue weighted by molar-refractivity contribution is 5.99. The SMILES string of the molecule is CC(=NNc1nc2c(c(=O)[nH]c(=O)n2C)n1CC(O)COc1ccc(C)cc1)c1ccc([N+](=O)[O-])cc1. The first-order valence-corrected chi connectivity index (χ1v) is 11.3. The van der Waals surface area contributed by atoms with Gasteiger partial charge in [0.2, 0.25) is 5.95 Å². The quantitative estimate of drug-likeness (QED) is 0.175. The van der Waals surface area contributed by atoms with E-state index in [0.717, 1.165) is 5.56 Å². The van der Waals surface area contributed by atoms with Gasteiger partial charge in [-0.3, -0.25) is 24.5 Å². The molecule has 1 atom stereocenters. The van der Waals surface area contributed by atoms with E-state index in [1.54, 1.807) is 31.2 Å². The summed E-state index contributed by atoms with van der Waals surface area (Å²) >= 11 is 0. The van der Waals surface area contributed by atoms with Gasteiger partial charge in [-0.25, -0.2) is 10.2 Å². The summed E-state index contributed by atoms with van der Waals surface area (Å²) in [4.78, 5) is 41.8. The van der Waals surface area contributed by atoms with Gasteiger partial charge >= 0.3 is 5.69 Å². The number of nitrogens with one attached hydrogen (secondary N) is 2. The minimum atomic E-state index is -1.03. The molecule has 192 valence electrons. The topological polar surface area (TPSA) is 170 Å². The Labute approximate surface area is 209 Å². The van der Waals surface area contributed by atoms with Crippen molar-refractivity contribution >= 4 is 28.5 Å². The maximum atomic E-state index is 12.7. The van der Waals surface area contributed by atoms with Crippen molar-refractivity contribution in [2.24, 2.45) is 12.1 Å². The van der Waals surface area contributed by atoms with Crippen molar-refractivity contribution in [2.45, 2.75) is 26.5 Å². The fourth-order valence-electron chi connectivity index (χ4n) is 3.61. The second kappa shape index (κ2) is 10.5. The molecule has 13 nitrogen and oxygen atoms in total. The molecule has 0 bridgehead atoms. The number of H-pyrrole nitrogens is 1. The van der Waals surface area contributed by atoms with Crippen LogP contribution in [0, 0.1) is 17.0 Å². The van der Waals surface area contributed by atoms with E-state index in [1.165, 1.54) is 28.3 Å². The van der Waals surface area contributed by atoms with Gasteiger partial charge in [-0.15, -0.1) is 0 Å². The van der Waals surface area contributed by atoms with E-state index >= 15 is 0 Å². The summed E-state index contributed by atoms with van der Waals surface area (Å²) in [6, 6.07) is 13.2. The van der Waals surface area contributed by atoms with E-state index < -0.39 is 22.3 Å². The molecule has 0 aliphatic heterocycles. The second-order valence-corrected chi connectivity index (χ2v) is 8.43. The summed E-state index contributed by atoms with van der Waals surface area (Å²) in [5, 5.41) is 25.9. The van der Waals surface area contributed by atoms with E-state index in [0.29, 0.717) is 17.0 Å². The predicted molar refractivity (Wildman–Crippen MR) is 137 cm³/mol. The molecule has 0 fully saturated rings. The Bertz CT molecular complexity index is 1580. The van der Waals surface area contributed by atoms with Crippen molar-refractivity contribution < 1.29 is 14.8 Å². The number of nitro benzene ring substituents is 1. The lowest BCUT2D eigenvalue weighted by molar-refractivity contribution is -0.384. The number of hydrogen-bond donors (Lipinski definition) is 3. The third-order valence-electron chi connectivity index (χ3n) is 5.68. The Kier molecular flexibility index (Phi) is 7.15. The number of aryl methyl sites for hydroxylation is 2. The average Bonchev–Trinajstić information content (AvgIpc) is 3.24. The van der Waals surface area contributed by atoms with Crippen LogP contribution in [0.2, 0.25) is 0 Å². The Balaban J connectivity index is 1.63. The van der Waals surface area contributed by atoms with Gasteiger partial charge in [0.1, 0.15) is 18.5 Å². The van der Waals surface area contributed by atoms with Crippen molar-refractivity contribution in [1.29, 1.82) is 0 Å². The molecule has 0 saturated carbocycles. The van der Waals surface area contributed by atoms with Crippen LogP contribution in [-0.2, 0) is 13.6 Å². The minimum absolute atomic E-state index is 0.0479. The Hall–Kier alpha value is -4.78. The highest BCUT2D eigenvalue weighted by atomic mass is 16.6. The zero-order valence-corrected chi connectivity index (χ0v) is 20.3. The maximum absolute atomic E-state index is 12.7. The molecule has 0 spiro atoms. The molecular formula is C24H25N7O6. The Morgan fingerprint density at radius 2 is 1.89 bits per heavy atom. The normalized spacial score (nSPS) is 12.5. The lowest BCUT2D eigenvalue weighted by atomic mass is 10.1. The smallest absolute Gasteiger partial charge is 0.329 e. The molecule has 2 heterocycles. The number of hydrogen-bond acceptors (Lipinski definition) is 9. The van der Waals surface area contributed by atoms with Gasteiger partial charge in [0.25, 0.3) is 11.2 Å². The molecule has 1 unspecified atom stereocenters. The molecule has 3 N–H and O–H groups in total. The number of fused-ring (bicyclic) bond motifs is 1. The number of aromatic nitrogens is 4. The zero-order chi connectivity index (χ0) is 26.7. The fraction of sp³-hybridized carbons (Fsp3) is 0.250. The lowest BCUT2D eigenvalue weighted by Crippen LogP contribution is -2.30. The molecule has 0 radical (unpaired) electrons. The zero-order valence-electron chi connectivity index (χ0n) is 20.3. The van der Waals surface area contributed by atoms with Crippen LogP contribution in [-0.4, -0.2) is 47.6 Å². The van der Waals surface area contributed by atoms with Crippen molar-refractivity contribution in [2.75, 3.05) is 12.0 Å². The largest absolute Gasteiger partial charge is 0.491 e. The number of hydrazone groups is 1. The average molecular weight is 508 g/mol. The third kappa shape index (κ3) is 5.56. The van der Waals surface area contributed by atoms with E-state index in [2.05, 4.69) is 20.5 Å². The maximum Gasteiger partial charge on any atom is 0.329 e. The number of aliphatic hydroxyl groups is 1. The first-order valence-electron chi connectivity index (χ1n) is 11.3. The van der Waals surface area contributed by atoms with Gasteiger partial charge < -0.3 is 14.4 Å². The summed E-state index contributed by atoms with van der Waals surface area (Å²) in [6.45, 7) is 3.50. The summed E-state index contributed by atoms with van der Waals surface area (Å²) < 4.78 is 8.26. The van der Waals surface area contributed by atoms with Gasteiger partial charge in [-0.2, -0.15) is 10.1 Å². The summed E-state index contributed by atoms with van der Waals surface area (Å²) in [6.07, 6.45) is -1.03. The number of benzene rings is 2. The molecule has 2 aromatic carbocycles. The molecule has 4 aromatic rings. The van der Waals surface area contributed by atoms with E-state index in [9.17, 15) is 24.8 Å². The molecule has 0 aliphatic rings. The van der Waals surface area contributed by atoms with E-state index in [1.807, 2.05) is 19.1 Å². The molecule has 0 saturated heterocycles. The van der Waals surface area contributed by atoms with Crippen LogP contribution >= 0.6 is 0 Å². The van der Waals surface area contributed by atoms with Crippen molar-refractivity contribution in [3.63, 3.8) is 0 Å². The Morgan fingerprint density at radius 1 is 1.22 bits per heavy atom. The predicted octanol–water partition coefficient (Wildman–Crippen LogP) is 1.92. The molecule has 0 aliphatic carbocycles. The molecule has 37 heavy (non-hydrogen) atoms. The van der Waals surface area contributed by atoms with Gasteiger partial charge in [-0.05, 0) is 43.7 Å². The van der Waals surface area contributed by atoms with E-state index in [-0.39, 0.29) is 36.0 Å². The van der Waals surface area contributed by atoms with Crippen molar-refractivity contribution in [1.82, 2.24) is 19.1 Å². The minimum Gasteiger partial charge on any atom is -0.491 e. The number of aliphatic hydroxyl groups excluding tert-OH is 1. The van der Waals surface area contributed by atoms with Crippen molar-refractivity contribution in [3.05, 3.63) is 90.6 Å². The number of rotatable bonds is 9. The molecule has 2 aromatic heterocycles. The van der Waals surface area contributed by atoms with Crippen LogP contribution in [0.1, 0.15) is 18.1 Å². The summed E-state index contributed by atoms with van der Waals surface area (Å²) in [5.74, 6) is 0.694. The molecule has 4 rings (SSSR count). The molecule has 13 heteroatoms. The van der Waals surface area contributed by atoms with Gasteiger partial charge in [0, 0.05) is 19.2 Å². The second-order valence-electron chi connectivity index (χ2n) is 8.43. The monoisotopic (exact) mass is 507 g/mol. The van der Waals surface area contributed by atoms with Gasteiger partial charge in [0.05, 0.1) is 17.2 Å².